The second-order valence-electron chi connectivity index (χ2n) is 2.19. The van der Waals surface area contributed by atoms with Crippen LogP contribution in [0.3, 0.4) is 0 Å². The van der Waals surface area contributed by atoms with E-state index >= 15 is 0 Å². The first-order valence-corrected chi connectivity index (χ1v) is 8.63. The van der Waals surface area contributed by atoms with Crippen LogP contribution in [-0.4, -0.2) is 0 Å². The highest BCUT2D eigenvalue weighted by atomic mass is 80.0. The van der Waals surface area contributed by atoms with Crippen LogP contribution in [0.1, 0.15) is 11.1 Å². The van der Waals surface area contributed by atoms with Crippen LogP contribution in [0.15, 0.2) is 10.8 Å². The smallest absolute Gasteiger partial charge is 0.152 e. The van der Waals surface area contributed by atoms with Gasteiger partial charge in [-0.1, -0.05) is 95.6 Å². The Balaban J connectivity index is 3.19. The van der Waals surface area contributed by atoms with Gasteiger partial charge in [0.1, 0.15) is 0 Å². The summed E-state index contributed by atoms with van der Waals surface area (Å²) in [4.78, 5) is 0. The second kappa shape index (κ2) is 4.84. The SMILES string of the molecule is BrC(Br)(Br)c1cscc1C(Br)(Br)Br. The number of alkyl halides is 6. The zero-order valence-corrected chi connectivity index (χ0v) is 16.2. The summed E-state index contributed by atoms with van der Waals surface area (Å²) < 4.78 is -0.744. The summed E-state index contributed by atoms with van der Waals surface area (Å²) in [6.45, 7) is 0. The molecular formula is C6H2Br6S. The van der Waals surface area contributed by atoms with Crippen LogP contribution in [0.4, 0.5) is 0 Å². The van der Waals surface area contributed by atoms with E-state index in [2.05, 4.69) is 106 Å². The Kier molecular flexibility index (Phi) is 5.08. The molecule has 0 saturated heterocycles. The quantitative estimate of drug-likeness (QED) is 0.312. The summed E-state index contributed by atoms with van der Waals surface area (Å²) in [5, 5.41) is 4.12. The van der Waals surface area contributed by atoms with Gasteiger partial charge in [-0.3, -0.25) is 0 Å². The molecule has 7 heteroatoms. The number of hydrogen-bond donors (Lipinski definition) is 0. The Morgan fingerprint density at radius 2 is 1.08 bits per heavy atom. The third kappa shape index (κ3) is 3.82. The third-order valence-electron chi connectivity index (χ3n) is 1.27. The molecule has 74 valence electrons. The molecule has 0 nitrogen and oxygen atoms in total. The van der Waals surface area contributed by atoms with E-state index in [1.807, 2.05) is 0 Å². The fourth-order valence-corrected chi connectivity index (χ4v) is 4.56. The molecule has 0 aliphatic carbocycles. The Morgan fingerprint density at radius 1 is 0.769 bits per heavy atom. The lowest BCUT2D eigenvalue weighted by Gasteiger charge is -2.18. The maximum atomic E-state index is 3.49. The molecule has 13 heavy (non-hydrogen) atoms. The molecule has 0 aliphatic heterocycles. The molecule has 0 bridgehead atoms. The van der Waals surface area contributed by atoms with E-state index in [0.717, 1.165) is 11.1 Å². The maximum absolute atomic E-state index is 3.49. The van der Waals surface area contributed by atoms with E-state index in [-0.39, 0.29) is 4.29 Å². The summed E-state index contributed by atoms with van der Waals surface area (Å²) >= 11 is 22.6. The van der Waals surface area contributed by atoms with Gasteiger partial charge in [0.05, 0.1) is 0 Å². The molecule has 0 saturated carbocycles. The number of hydrogen-bond acceptors (Lipinski definition) is 1. The molecule has 0 spiro atoms. The van der Waals surface area contributed by atoms with Gasteiger partial charge in [0.25, 0.3) is 0 Å². The van der Waals surface area contributed by atoms with Gasteiger partial charge >= 0.3 is 0 Å². The molecule has 1 heterocycles. The van der Waals surface area contributed by atoms with Crippen molar-refractivity contribution in [3.8, 4) is 0 Å². The highest BCUT2D eigenvalue weighted by Crippen LogP contribution is 2.54. The van der Waals surface area contributed by atoms with Crippen LogP contribution in [0.5, 0.6) is 0 Å². The summed E-state index contributed by atoms with van der Waals surface area (Å²) in [5.74, 6) is 0. The molecule has 0 radical (unpaired) electrons. The minimum Gasteiger partial charge on any atom is -0.152 e. The zero-order valence-electron chi connectivity index (χ0n) is 5.83. The summed E-state index contributed by atoms with van der Waals surface area (Å²) in [6, 6.07) is 0. The van der Waals surface area contributed by atoms with Crippen molar-refractivity contribution >= 4 is 107 Å². The summed E-state index contributed by atoms with van der Waals surface area (Å²) in [7, 11) is 0. The normalized spacial score (nSPS) is 13.4. The van der Waals surface area contributed by atoms with Crippen molar-refractivity contribution in [2.24, 2.45) is 0 Å². The van der Waals surface area contributed by atoms with Gasteiger partial charge in [-0.15, -0.1) is 0 Å². The highest BCUT2D eigenvalue weighted by Gasteiger charge is 2.33. The number of halogens is 6. The molecule has 1 aromatic rings. The third-order valence-corrected chi connectivity index (χ3v) is 4.58. The first-order chi connectivity index (χ1) is 5.73. The Hall–Kier alpha value is 2.58. The second-order valence-corrected chi connectivity index (χ2v) is 16.5. The molecule has 0 amide bonds. The van der Waals surface area contributed by atoms with Crippen LogP contribution in [0.2, 0.25) is 0 Å². The topological polar surface area (TPSA) is 0 Å². The Bertz CT molecular complexity index is 264. The van der Waals surface area contributed by atoms with Crippen LogP contribution in [0, 0.1) is 0 Å². The fourth-order valence-electron chi connectivity index (χ4n) is 0.736. The van der Waals surface area contributed by atoms with Crippen molar-refractivity contribution in [2.75, 3.05) is 0 Å². The maximum Gasteiger partial charge on any atom is 0.161 e. The molecule has 0 unspecified atom stereocenters. The number of thiophene rings is 1. The van der Waals surface area contributed by atoms with E-state index in [1.165, 1.54) is 0 Å². The lowest BCUT2D eigenvalue weighted by molar-refractivity contribution is 1.27. The Labute approximate surface area is 131 Å². The van der Waals surface area contributed by atoms with Crippen molar-refractivity contribution in [3.63, 3.8) is 0 Å². The van der Waals surface area contributed by atoms with Gasteiger partial charge in [0.2, 0.25) is 0 Å². The fraction of sp³-hybridized carbons (Fsp3) is 0.333. The van der Waals surface area contributed by atoms with Gasteiger partial charge < -0.3 is 0 Å². The van der Waals surface area contributed by atoms with Crippen molar-refractivity contribution in [1.82, 2.24) is 0 Å². The largest absolute Gasteiger partial charge is 0.161 e. The average Bonchev–Trinajstić information content (AvgIpc) is 2.27. The van der Waals surface area contributed by atoms with Crippen molar-refractivity contribution in [2.45, 2.75) is 4.29 Å². The predicted octanol–water partition coefficient (Wildman–Crippen LogP) is 6.34. The molecule has 0 atom stereocenters. The van der Waals surface area contributed by atoms with E-state index < -0.39 is 0 Å². The average molecular weight is 586 g/mol. The molecule has 0 N–H and O–H groups in total. The molecular weight excluding hydrogens is 584 g/mol. The molecule has 1 rings (SSSR count). The van der Waals surface area contributed by atoms with Crippen molar-refractivity contribution < 1.29 is 0 Å². The predicted molar refractivity (Wildman–Crippen MR) is 81.2 cm³/mol. The molecule has 1 aromatic heterocycles. The van der Waals surface area contributed by atoms with Gasteiger partial charge in [-0.05, 0) is 10.8 Å². The molecule has 0 fully saturated rings. The summed E-state index contributed by atoms with van der Waals surface area (Å²) in [6.07, 6.45) is 0. The Morgan fingerprint density at radius 3 is 1.31 bits per heavy atom. The standard InChI is InChI=1S/C6H2Br6S/c7-5(8,9)3-1-13-2-4(3)6(10,11)12/h1-2H. The van der Waals surface area contributed by atoms with E-state index in [9.17, 15) is 0 Å². The lowest BCUT2D eigenvalue weighted by Crippen LogP contribution is -2.06. The van der Waals surface area contributed by atoms with E-state index in [1.54, 1.807) is 11.3 Å². The zero-order chi connectivity index (χ0) is 10.3. The highest BCUT2D eigenvalue weighted by molar-refractivity contribution is 9.39. The minimum absolute atomic E-state index is 0.372. The first-order valence-electron chi connectivity index (χ1n) is 2.93. The molecule has 0 aromatic carbocycles. The monoisotopic (exact) mass is 579 g/mol. The van der Waals surface area contributed by atoms with Crippen LogP contribution < -0.4 is 0 Å². The van der Waals surface area contributed by atoms with Gasteiger partial charge in [0.15, 0.2) is 4.29 Å². The lowest BCUT2D eigenvalue weighted by atomic mass is 10.2. The van der Waals surface area contributed by atoms with Crippen molar-refractivity contribution in [3.05, 3.63) is 21.9 Å². The molecule has 0 aliphatic rings. The van der Waals surface area contributed by atoms with Crippen molar-refractivity contribution in [1.29, 1.82) is 0 Å². The number of rotatable bonds is 0. The minimum atomic E-state index is -0.372. The van der Waals surface area contributed by atoms with Gasteiger partial charge in [-0.25, -0.2) is 0 Å². The van der Waals surface area contributed by atoms with Gasteiger partial charge in [-0.2, -0.15) is 11.3 Å². The van der Waals surface area contributed by atoms with E-state index in [0.29, 0.717) is 0 Å². The summed E-state index contributed by atoms with van der Waals surface area (Å²) in [5.41, 5.74) is 2.23. The van der Waals surface area contributed by atoms with Gasteiger partial charge in [0, 0.05) is 11.1 Å². The first kappa shape index (κ1) is 13.6. The van der Waals surface area contributed by atoms with E-state index in [4.69, 9.17) is 0 Å². The van der Waals surface area contributed by atoms with Crippen LogP contribution >= 0.6 is 107 Å². The van der Waals surface area contributed by atoms with Crippen LogP contribution in [0.25, 0.3) is 0 Å². The van der Waals surface area contributed by atoms with Crippen LogP contribution in [-0.2, 0) is 4.29 Å².